The summed E-state index contributed by atoms with van der Waals surface area (Å²) in [6.45, 7) is 6.95. The molecule has 290 valence electrons. The minimum atomic E-state index is -4.46. The van der Waals surface area contributed by atoms with Crippen LogP contribution in [0.2, 0.25) is 0 Å². The molecular formula is C44H45F3N6O2S. The summed E-state index contributed by atoms with van der Waals surface area (Å²) in [5.74, 6) is -0.566. The highest BCUT2D eigenvalue weighted by atomic mass is 32.1. The molecule has 2 aliphatic heterocycles. The van der Waals surface area contributed by atoms with Crippen molar-refractivity contribution in [2.75, 3.05) is 62.2 Å². The summed E-state index contributed by atoms with van der Waals surface area (Å²) in [7, 11) is 0. The first-order chi connectivity index (χ1) is 27.2. The fourth-order valence-electron chi connectivity index (χ4n) is 7.30. The molecule has 3 heterocycles. The lowest BCUT2D eigenvalue weighted by molar-refractivity contribution is -0.145. The number of hydrogen-bond donors (Lipinski definition) is 0. The molecule has 2 aliphatic rings. The maximum atomic E-state index is 14.6. The molecule has 2 saturated heterocycles. The van der Waals surface area contributed by atoms with Crippen LogP contribution >= 0.6 is 11.3 Å². The number of para-hydroxylation sites is 1. The molecule has 8 nitrogen and oxygen atoms in total. The molecule has 2 amide bonds. The number of hydrogen-bond acceptors (Lipinski definition) is 7. The maximum absolute atomic E-state index is 14.6. The highest BCUT2D eigenvalue weighted by Gasteiger charge is 2.35. The molecule has 56 heavy (non-hydrogen) atoms. The van der Waals surface area contributed by atoms with E-state index in [9.17, 15) is 22.8 Å². The lowest BCUT2D eigenvalue weighted by Gasteiger charge is -2.39. The number of carbonyl (C=O) groups is 2. The van der Waals surface area contributed by atoms with Crippen LogP contribution in [0.15, 0.2) is 126 Å². The summed E-state index contributed by atoms with van der Waals surface area (Å²) in [5, 5.41) is 1.89. The van der Waals surface area contributed by atoms with E-state index in [1.54, 1.807) is 10.4 Å². The Balaban J connectivity index is 1.10. The van der Waals surface area contributed by atoms with Gasteiger partial charge < -0.3 is 19.6 Å². The Morgan fingerprint density at radius 2 is 1.34 bits per heavy atom. The Morgan fingerprint density at radius 3 is 1.93 bits per heavy atom. The van der Waals surface area contributed by atoms with E-state index in [4.69, 9.17) is 0 Å². The average molecular weight is 779 g/mol. The summed E-state index contributed by atoms with van der Waals surface area (Å²) < 4.78 is 39.7. The Hall–Kier alpha value is -5.46. The fraction of sp³-hybridized carbons (Fsp3) is 0.295. The molecule has 1 aromatic heterocycles. The number of rotatable bonds is 12. The van der Waals surface area contributed by atoms with Gasteiger partial charge in [-0.1, -0.05) is 72.8 Å². The third-order valence-electron chi connectivity index (χ3n) is 10.5. The fourth-order valence-corrected chi connectivity index (χ4v) is 7.88. The van der Waals surface area contributed by atoms with Crippen molar-refractivity contribution < 1.29 is 22.8 Å². The van der Waals surface area contributed by atoms with Crippen molar-refractivity contribution in [3.05, 3.63) is 154 Å². The first-order valence-corrected chi connectivity index (χ1v) is 19.9. The summed E-state index contributed by atoms with van der Waals surface area (Å²) in [4.78, 5) is 43.8. The number of anilines is 2. The van der Waals surface area contributed by atoms with Gasteiger partial charge in [0, 0.05) is 94.7 Å². The topological polar surface area (TPSA) is 63.2 Å². The van der Waals surface area contributed by atoms with E-state index in [0.29, 0.717) is 37.4 Å². The Morgan fingerprint density at radius 1 is 0.732 bits per heavy atom. The first kappa shape index (κ1) is 38.8. The predicted molar refractivity (Wildman–Crippen MR) is 216 cm³/mol. The summed E-state index contributed by atoms with van der Waals surface area (Å²) in [5.41, 5.74) is 6.49. The largest absolute Gasteiger partial charge is 0.416 e. The van der Waals surface area contributed by atoms with Crippen molar-refractivity contribution >= 4 is 40.6 Å². The normalized spacial score (nSPS) is 15.9. The third kappa shape index (κ3) is 10.0. The second-order valence-electron chi connectivity index (χ2n) is 14.2. The first-order valence-electron chi connectivity index (χ1n) is 18.9. The number of benzene rings is 4. The van der Waals surface area contributed by atoms with Crippen LogP contribution in [0, 0.1) is 0 Å². The number of alkyl halides is 3. The van der Waals surface area contributed by atoms with Crippen LogP contribution in [0.25, 0.3) is 6.08 Å². The molecule has 0 unspecified atom stereocenters. The van der Waals surface area contributed by atoms with Crippen molar-refractivity contribution in [1.29, 1.82) is 0 Å². The average Bonchev–Trinajstić information content (AvgIpc) is 3.76. The van der Waals surface area contributed by atoms with E-state index >= 15 is 0 Å². The summed E-state index contributed by atoms with van der Waals surface area (Å²) in [6.07, 6.45) is -1.38. The van der Waals surface area contributed by atoms with Gasteiger partial charge in [0.2, 0.25) is 11.8 Å². The van der Waals surface area contributed by atoms with Crippen LogP contribution in [-0.4, -0.2) is 89.9 Å². The lowest BCUT2D eigenvalue weighted by atomic mass is 10.0. The molecular weight excluding hydrogens is 734 g/mol. The smallest absolute Gasteiger partial charge is 0.368 e. The third-order valence-corrected chi connectivity index (χ3v) is 11.1. The van der Waals surface area contributed by atoms with Crippen LogP contribution < -0.4 is 9.80 Å². The number of thiazole rings is 1. The van der Waals surface area contributed by atoms with Gasteiger partial charge >= 0.3 is 6.18 Å². The van der Waals surface area contributed by atoms with Gasteiger partial charge in [-0.3, -0.25) is 14.5 Å². The van der Waals surface area contributed by atoms with E-state index in [-0.39, 0.29) is 18.9 Å². The standard InChI is InChI=1S/C44H45F3N6O2S/c45-44(46,47)37-16-11-34(12-17-37)15-20-42(54)53(31-36-13-18-40(19-14-36)51-27-25-50(26-28-51)39-9-5-2-6-10-39)41(29-38-32-56-33-48-38)43(55)52-23-21-49(22-24-52)30-35-7-3-1-4-8-35/h1-20,32-33,41H,21-31H2/t41-/m0/s1. The van der Waals surface area contributed by atoms with E-state index < -0.39 is 23.7 Å². The van der Waals surface area contributed by atoms with Crippen molar-refractivity contribution in [1.82, 2.24) is 19.7 Å². The zero-order valence-electron chi connectivity index (χ0n) is 31.1. The van der Waals surface area contributed by atoms with Gasteiger partial charge in [0.05, 0.1) is 16.8 Å². The van der Waals surface area contributed by atoms with E-state index in [1.165, 1.54) is 46.9 Å². The molecule has 0 saturated carbocycles. The van der Waals surface area contributed by atoms with Crippen molar-refractivity contribution in [2.24, 2.45) is 0 Å². The van der Waals surface area contributed by atoms with Crippen molar-refractivity contribution in [2.45, 2.75) is 31.7 Å². The second kappa shape index (κ2) is 18.0. The van der Waals surface area contributed by atoms with E-state index in [1.807, 2.05) is 46.7 Å². The number of carbonyl (C=O) groups excluding carboxylic acids is 2. The quantitative estimate of drug-likeness (QED) is 0.123. The van der Waals surface area contributed by atoms with E-state index in [0.717, 1.165) is 56.1 Å². The Kier molecular flexibility index (Phi) is 12.5. The zero-order chi connectivity index (χ0) is 38.9. The molecule has 4 aromatic carbocycles. The molecule has 0 radical (unpaired) electrons. The van der Waals surface area contributed by atoms with Gasteiger partial charge in [-0.25, -0.2) is 4.98 Å². The predicted octanol–water partition coefficient (Wildman–Crippen LogP) is 7.49. The molecule has 5 aromatic rings. The molecule has 2 fully saturated rings. The number of halogens is 3. The minimum absolute atomic E-state index is 0.151. The maximum Gasteiger partial charge on any atom is 0.416 e. The van der Waals surface area contributed by atoms with Gasteiger partial charge in [-0.05, 0) is 59.2 Å². The minimum Gasteiger partial charge on any atom is -0.368 e. The van der Waals surface area contributed by atoms with Crippen LogP contribution in [0.1, 0.15) is 27.9 Å². The van der Waals surface area contributed by atoms with Gasteiger partial charge in [0.25, 0.3) is 0 Å². The molecule has 7 rings (SSSR count). The van der Waals surface area contributed by atoms with Gasteiger partial charge in [0.1, 0.15) is 6.04 Å². The molecule has 0 bridgehead atoms. The number of aromatic nitrogens is 1. The second-order valence-corrected chi connectivity index (χ2v) is 14.9. The van der Waals surface area contributed by atoms with E-state index in [2.05, 4.69) is 68.2 Å². The number of piperazine rings is 2. The lowest BCUT2D eigenvalue weighted by Crippen LogP contribution is -2.56. The van der Waals surface area contributed by atoms with Gasteiger partial charge in [-0.15, -0.1) is 11.3 Å². The highest BCUT2D eigenvalue weighted by molar-refractivity contribution is 7.07. The van der Waals surface area contributed by atoms with Crippen LogP contribution in [0.4, 0.5) is 24.5 Å². The van der Waals surface area contributed by atoms with Crippen LogP contribution in [0.3, 0.4) is 0 Å². The van der Waals surface area contributed by atoms with Crippen molar-refractivity contribution in [3.8, 4) is 0 Å². The number of nitrogens with zero attached hydrogens (tertiary/aromatic N) is 6. The zero-order valence-corrected chi connectivity index (χ0v) is 31.9. The van der Waals surface area contributed by atoms with Crippen LogP contribution in [0.5, 0.6) is 0 Å². The highest BCUT2D eigenvalue weighted by Crippen LogP contribution is 2.29. The number of amides is 2. The molecule has 0 aliphatic carbocycles. The molecule has 0 N–H and O–H groups in total. The van der Waals surface area contributed by atoms with Crippen molar-refractivity contribution in [3.63, 3.8) is 0 Å². The van der Waals surface area contributed by atoms with Gasteiger partial charge in [-0.2, -0.15) is 13.2 Å². The van der Waals surface area contributed by atoms with Gasteiger partial charge in [0.15, 0.2) is 0 Å². The SMILES string of the molecule is O=C([C@H](Cc1cscn1)N(Cc1ccc(N2CCN(c3ccccc3)CC2)cc1)C(=O)C=Cc1ccc(C(F)(F)F)cc1)N1CCN(Cc2ccccc2)CC1. The molecule has 0 spiro atoms. The molecule has 1 atom stereocenters. The van der Waals surface area contributed by atoms with Crippen LogP contribution in [-0.2, 0) is 35.3 Å². The Labute approximate surface area is 330 Å². The molecule has 12 heteroatoms. The summed E-state index contributed by atoms with van der Waals surface area (Å²) >= 11 is 1.43. The summed E-state index contributed by atoms with van der Waals surface area (Å²) in [6, 6.07) is 32.6. The Bertz CT molecular complexity index is 2030. The monoisotopic (exact) mass is 778 g/mol.